The van der Waals surface area contributed by atoms with Crippen molar-refractivity contribution in [3.63, 3.8) is 0 Å². The van der Waals surface area contributed by atoms with Crippen molar-refractivity contribution >= 4 is 44.0 Å². The summed E-state index contributed by atoms with van der Waals surface area (Å²) < 4.78 is 34.0. The van der Waals surface area contributed by atoms with Crippen molar-refractivity contribution in [2.75, 3.05) is 10.8 Å². The molecule has 0 fully saturated rings. The molecule has 8 heteroatoms. The molecule has 1 heterocycles. The third-order valence-corrected chi connectivity index (χ3v) is 7.78. The number of nitrogens with zero attached hydrogens (tertiary/aromatic N) is 1. The fourth-order valence-corrected chi connectivity index (χ4v) is 5.71. The van der Waals surface area contributed by atoms with Crippen LogP contribution in [0.25, 0.3) is 10.8 Å². The van der Waals surface area contributed by atoms with Gasteiger partial charge in [-0.1, -0.05) is 72.3 Å². The molecule has 0 aliphatic carbocycles. The summed E-state index contributed by atoms with van der Waals surface area (Å²) in [7, 11) is -3.94. The van der Waals surface area contributed by atoms with Gasteiger partial charge in [0.15, 0.2) is 6.10 Å². The number of anilines is 1. The number of halogens is 1. The lowest BCUT2D eigenvalue weighted by Gasteiger charge is -2.35. The fraction of sp³-hybridized carbons (Fsp3) is 0.115. The summed E-state index contributed by atoms with van der Waals surface area (Å²) >= 11 is 6.15. The van der Waals surface area contributed by atoms with Crippen molar-refractivity contribution in [2.24, 2.45) is 0 Å². The second kappa shape index (κ2) is 9.00. The third-order valence-electron chi connectivity index (χ3n) is 5.75. The molecule has 0 radical (unpaired) electrons. The number of hydrogen-bond donors (Lipinski definition) is 1. The molecular formula is C26H21ClN2O4S. The summed E-state index contributed by atoms with van der Waals surface area (Å²) in [5.74, 6) is -0.123. The first-order chi connectivity index (χ1) is 16.4. The van der Waals surface area contributed by atoms with Crippen molar-refractivity contribution < 1.29 is 17.9 Å². The highest BCUT2D eigenvalue weighted by Crippen LogP contribution is 2.38. The van der Waals surface area contributed by atoms with Crippen LogP contribution in [-0.2, 0) is 21.4 Å². The lowest BCUT2D eigenvalue weighted by atomic mass is 10.0. The van der Waals surface area contributed by atoms with Gasteiger partial charge in [-0.05, 0) is 46.7 Å². The largest absolute Gasteiger partial charge is 0.476 e. The van der Waals surface area contributed by atoms with Crippen LogP contribution in [-0.4, -0.2) is 27.0 Å². The molecule has 4 aromatic carbocycles. The Balaban J connectivity index is 1.42. The van der Waals surface area contributed by atoms with Gasteiger partial charge < -0.3 is 10.1 Å². The maximum absolute atomic E-state index is 13.5. The standard InChI is InChI=1S/C26H21ClN2O4S/c27-20-13-14-24-23(15-20)29(34(31,32)21-10-2-1-3-11-21)17-25(33-24)26(30)28-16-19-9-6-8-18-7-4-5-12-22(18)19/h1-15,25H,16-17H2,(H,28,30). The van der Waals surface area contributed by atoms with Gasteiger partial charge in [0.05, 0.1) is 17.1 Å². The van der Waals surface area contributed by atoms with Gasteiger partial charge in [0.2, 0.25) is 0 Å². The smallest absolute Gasteiger partial charge is 0.264 e. The Kier molecular flexibility index (Phi) is 5.89. The maximum Gasteiger partial charge on any atom is 0.264 e. The first-order valence-electron chi connectivity index (χ1n) is 10.7. The molecule has 0 aromatic heterocycles. The van der Waals surface area contributed by atoms with E-state index in [1.807, 2.05) is 42.5 Å². The minimum atomic E-state index is -3.94. The van der Waals surface area contributed by atoms with Crippen molar-refractivity contribution in [2.45, 2.75) is 17.5 Å². The molecule has 6 nitrogen and oxygen atoms in total. The van der Waals surface area contributed by atoms with Crippen LogP contribution in [0.1, 0.15) is 5.56 Å². The number of amides is 1. The summed E-state index contributed by atoms with van der Waals surface area (Å²) in [5.41, 5.74) is 1.26. The molecule has 0 bridgehead atoms. The molecule has 1 unspecified atom stereocenters. The first kappa shape index (κ1) is 22.3. The monoisotopic (exact) mass is 492 g/mol. The molecule has 0 saturated carbocycles. The Morgan fingerprint density at radius 2 is 1.71 bits per heavy atom. The van der Waals surface area contributed by atoms with Gasteiger partial charge in [-0.25, -0.2) is 8.42 Å². The maximum atomic E-state index is 13.5. The molecule has 0 spiro atoms. The summed E-state index contributed by atoms with van der Waals surface area (Å²) in [5, 5.41) is 5.40. The highest BCUT2D eigenvalue weighted by molar-refractivity contribution is 7.92. The predicted octanol–water partition coefficient (Wildman–Crippen LogP) is 4.77. The van der Waals surface area contributed by atoms with Crippen LogP contribution < -0.4 is 14.4 Å². The molecule has 0 saturated heterocycles. The van der Waals surface area contributed by atoms with E-state index in [-0.39, 0.29) is 17.2 Å². The summed E-state index contributed by atoms with van der Waals surface area (Å²) in [6.07, 6.45) is -1.03. The Morgan fingerprint density at radius 1 is 0.971 bits per heavy atom. The van der Waals surface area contributed by atoms with Crippen LogP contribution >= 0.6 is 11.6 Å². The van der Waals surface area contributed by atoms with Crippen LogP contribution in [0.15, 0.2) is 95.9 Å². The lowest BCUT2D eigenvalue weighted by molar-refractivity contribution is -0.127. The van der Waals surface area contributed by atoms with Crippen molar-refractivity contribution in [1.29, 1.82) is 0 Å². The minimum Gasteiger partial charge on any atom is -0.476 e. The minimum absolute atomic E-state index is 0.123. The quantitative estimate of drug-likeness (QED) is 0.435. The van der Waals surface area contributed by atoms with Gasteiger partial charge in [-0.2, -0.15) is 0 Å². The zero-order chi connectivity index (χ0) is 23.7. The van der Waals surface area contributed by atoms with E-state index in [1.54, 1.807) is 30.3 Å². The van der Waals surface area contributed by atoms with Gasteiger partial charge in [-0.3, -0.25) is 9.10 Å². The van der Waals surface area contributed by atoms with Crippen molar-refractivity contribution in [1.82, 2.24) is 5.32 Å². The zero-order valence-electron chi connectivity index (χ0n) is 18.0. The molecule has 172 valence electrons. The fourth-order valence-electron chi connectivity index (χ4n) is 4.05. The number of nitrogens with one attached hydrogen (secondary N) is 1. The number of sulfonamides is 1. The van der Waals surface area contributed by atoms with Crippen molar-refractivity contribution in [3.05, 3.63) is 102 Å². The number of benzene rings is 4. The molecular weight excluding hydrogens is 472 g/mol. The third kappa shape index (κ3) is 4.20. The highest BCUT2D eigenvalue weighted by atomic mass is 35.5. The van der Waals surface area contributed by atoms with Crippen LogP contribution in [0.5, 0.6) is 5.75 Å². The van der Waals surface area contributed by atoms with E-state index in [0.717, 1.165) is 16.3 Å². The van der Waals surface area contributed by atoms with E-state index in [9.17, 15) is 13.2 Å². The average molecular weight is 493 g/mol. The van der Waals surface area contributed by atoms with E-state index in [1.165, 1.54) is 22.5 Å². The molecule has 4 aromatic rings. The highest BCUT2D eigenvalue weighted by Gasteiger charge is 2.37. The predicted molar refractivity (Wildman–Crippen MR) is 133 cm³/mol. The Morgan fingerprint density at radius 3 is 2.53 bits per heavy atom. The van der Waals surface area contributed by atoms with Crippen LogP contribution in [0.4, 0.5) is 5.69 Å². The number of rotatable bonds is 5. The van der Waals surface area contributed by atoms with Crippen LogP contribution in [0, 0.1) is 0 Å². The number of hydrogen-bond acceptors (Lipinski definition) is 4. The van der Waals surface area contributed by atoms with Gasteiger partial charge >= 0.3 is 0 Å². The van der Waals surface area contributed by atoms with Gasteiger partial charge in [0.1, 0.15) is 5.75 Å². The lowest BCUT2D eigenvalue weighted by Crippen LogP contribution is -2.50. The number of fused-ring (bicyclic) bond motifs is 2. The van der Waals surface area contributed by atoms with E-state index >= 15 is 0 Å². The normalized spacial score (nSPS) is 15.4. The topological polar surface area (TPSA) is 75.7 Å². The molecule has 1 amide bonds. The molecule has 1 aliphatic rings. The first-order valence-corrected chi connectivity index (χ1v) is 12.5. The molecule has 1 atom stereocenters. The summed E-state index contributed by atoms with van der Waals surface area (Å²) in [6, 6.07) is 26.6. The van der Waals surface area contributed by atoms with E-state index in [4.69, 9.17) is 16.3 Å². The van der Waals surface area contributed by atoms with E-state index in [0.29, 0.717) is 17.3 Å². The van der Waals surface area contributed by atoms with Crippen LogP contribution in [0.3, 0.4) is 0 Å². The van der Waals surface area contributed by atoms with Gasteiger partial charge in [-0.15, -0.1) is 0 Å². The van der Waals surface area contributed by atoms with Gasteiger partial charge in [0.25, 0.3) is 15.9 Å². The van der Waals surface area contributed by atoms with E-state index < -0.39 is 22.0 Å². The van der Waals surface area contributed by atoms with E-state index in [2.05, 4.69) is 5.32 Å². The molecule has 1 N–H and O–H groups in total. The Hall–Kier alpha value is -3.55. The Bertz CT molecular complexity index is 1470. The SMILES string of the molecule is O=C(NCc1cccc2ccccc12)C1CN(S(=O)(=O)c2ccccc2)c2cc(Cl)ccc2O1. The molecule has 34 heavy (non-hydrogen) atoms. The second-order valence-corrected chi connectivity index (χ2v) is 10.2. The summed E-state index contributed by atoms with van der Waals surface area (Å²) in [4.78, 5) is 13.2. The Labute approximate surface area is 202 Å². The summed E-state index contributed by atoms with van der Waals surface area (Å²) in [6.45, 7) is 0.116. The average Bonchev–Trinajstić information content (AvgIpc) is 2.87. The number of carbonyl (C=O) groups is 1. The van der Waals surface area contributed by atoms with Gasteiger partial charge in [0, 0.05) is 11.6 Å². The number of ether oxygens (including phenoxy) is 1. The molecule has 1 aliphatic heterocycles. The second-order valence-electron chi connectivity index (χ2n) is 7.92. The van der Waals surface area contributed by atoms with Crippen LogP contribution in [0.2, 0.25) is 5.02 Å². The van der Waals surface area contributed by atoms with Crippen molar-refractivity contribution in [3.8, 4) is 5.75 Å². The molecule has 5 rings (SSSR count). The zero-order valence-corrected chi connectivity index (χ0v) is 19.6. The number of carbonyl (C=O) groups excluding carboxylic acids is 1.